The third-order valence-corrected chi connectivity index (χ3v) is 3.14. The summed E-state index contributed by atoms with van der Waals surface area (Å²) in [4.78, 5) is 13.9. The number of rotatable bonds is 4. The maximum Gasteiger partial charge on any atom is 0.226 e. The van der Waals surface area contributed by atoms with Crippen LogP contribution in [0.5, 0.6) is 0 Å². The number of hydrogen-bond donors (Lipinski definition) is 2. The van der Waals surface area contributed by atoms with Crippen molar-refractivity contribution in [3.05, 3.63) is 35.4 Å². The van der Waals surface area contributed by atoms with E-state index in [9.17, 15) is 4.79 Å². The van der Waals surface area contributed by atoms with Crippen LogP contribution in [0, 0.1) is 0 Å². The largest absolute Gasteiger partial charge is 0.342 e. The number of nitrogens with zero attached hydrogens (tertiary/aromatic N) is 1. The fourth-order valence-corrected chi connectivity index (χ4v) is 2.15. The van der Waals surface area contributed by atoms with E-state index in [1.54, 1.807) is 0 Å². The van der Waals surface area contributed by atoms with Crippen molar-refractivity contribution >= 4 is 5.91 Å². The molecule has 0 saturated carbocycles. The zero-order valence-electron chi connectivity index (χ0n) is 9.98. The molecule has 4 nitrogen and oxygen atoms in total. The lowest BCUT2D eigenvalue weighted by atomic mass is 10.1. The van der Waals surface area contributed by atoms with E-state index in [4.69, 9.17) is 5.84 Å². The van der Waals surface area contributed by atoms with Crippen molar-refractivity contribution in [3.63, 3.8) is 0 Å². The third-order valence-electron chi connectivity index (χ3n) is 3.14. The molecule has 0 unspecified atom stereocenters. The van der Waals surface area contributed by atoms with Crippen LogP contribution in [0.1, 0.15) is 24.0 Å². The fraction of sp³-hybridized carbons (Fsp3) is 0.462. The summed E-state index contributed by atoms with van der Waals surface area (Å²) in [7, 11) is 0. The van der Waals surface area contributed by atoms with E-state index in [0.29, 0.717) is 13.0 Å². The van der Waals surface area contributed by atoms with Crippen LogP contribution in [0.3, 0.4) is 0 Å². The summed E-state index contributed by atoms with van der Waals surface area (Å²) in [6.45, 7) is 2.50. The van der Waals surface area contributed by atoms with E-state index < -0.39 is 0 Å². The van der Waals surface area contributed by atoms with Crippen molar-refractivity contribution < 1.29 is 4.79 Å². The van der Waals surface area contributed by atoms with Crippen molar-refractivity contribution in [1.29, 1.82) is 0 Å². The first-order valence-electron chi connectivity index (χ1n) is 6.08. The molecule has 0 spiro atoms. The standard InChI is InChI=1S/C13H19N3O/c14-15-10-12-5-3-11(4-6-12)9-13(17)16-7-1-2-8-16/h3-6,15H,1-2,7-10,14H2. The Bertz CT molecular complexity index is 369. The molecule has 17 heavy (non-hydrogen) atoms. The number of carbonyl (C=O) groups excluding carboxylic acids is 1. The Morgan fingerprint density at radius 1 is 1.18 bits per heavy atom. The van der Waals surface area contributed by atoms with E-state index in [1.165, 1.54) is 0 Å². The third kappa shape index (κ3) is 3.28. The van der Waals surface area contributed by atoms with Gasteiger partial charge >= 0.3 is 0 Å². The summed E-state index contributed by atoms with van der Waals surface area (Å²) in [6.07, 6.45) is 2.80. The van der Waals surface area contributed by atoms with Crippen molar-refractivity contribution in [2.75, 3.05) is 13.1 Å². The number of hydrazine groups is 1. The molecule has 92 valence electrons. The van der Waals surface area contributed by atoms with E-state index in [0.717, 1.165) is 37.1 Å². The SMILES string of the molecule is NNCc1ccc(CC(=O)N2CCCC2)cc1. The minimum atomic E-state index is 0.243. The van der Waals surface area contributed by atoms with Crippen LogP contribution in [0.2, 0.25) is 0 Å². The molecule has 0 aromatic heterocycles. The van der Waals surface area contributed by atoms with E-state index in [1.807, 2.05) is 29.2 Å². The normalized spacial score (nSPS) is 15.2. The summed E-state index contributed by atoms with van der Waals surface area (Å²) in [5.74, 6) is 5.49. The quantitative estimate of drug-likeness (QED) is 0.598. The van der Waals surface area contributed by atoms with Crippen LogP contribution in [-0.2, 0) is 17.8 Å². The first-order valence-corrected chi connectivity index (χ1v) is 6.08. The van der Waals surface area contributed by atoms with Crippen molar-refractivity contribution in [3.8, 4) is 0 Å². The molecule has 1 amide bonds. The Morgan fingerprint density at radius 2 is 1.76 bits per heavy atom. The number of nitrogens with two attached hydrogens (primary N) is 1. The smallest absolute Gasteiger partial charge is 0.226 e. The number of likely N-dealkylation sites (tertiary alicyclic amines) is 1. The molecule has 0 atom stereocenters. The molecular weight excluding hydrogens is 214 g/mol. The Labute approximate surface area is 102 Å². The lowest BCUT2D eigenvalue weighted by molar-refractivity contribution is -0.129. The molecule has 1 aliphatic rings. The van der Waals surface area contributed by atoms with Crippen molar-refractivity contribution in [2.45, 2.75) is 25.8 Å². The zero-order chi connectivity index (χ0) is 12.1. The van der Waals surface area contributed by atoms with Crippen LogP contribution in [-0.4, -0.2) is 23.9 Å². The number of benzene rings is 1. The van der Waals surface area contributed by atoms with Crippen LogP contribution in [0.15, 0.2) is 24.3 Å². The molecule has 4 heteroatoms. The lowest BCUT2D eigenvalue weighted by Gasteiger charge is -2.15. The van der Waals surface area contributed by atoms with E-state index in [2.05, 4.69) is 5.43 Å². The van der Waals surface area contributed by atoms with Gasteiger partial charge in [-0.2, -0.15) is 0 Å². The van der Waals surface area contributed by atoms with Crippen LogP contribution >= 0.6 is 0 Å². The highest BCUT2D eigenvalue weighted by molar-refractivity contribution is 5.79. The number of amides is 1. The van der Waals surface area contributed by atoms with E-state index >= 15 is 0 Å². The van der Waals surface area contributed by atoms with Crippen LogP contribution in [0.25, 0.3) is 0 Å². The molecule has 1 saturated heterocycles. The Kier molecular flexibility index (Phi) is 4.12. The predicted octanol–water partition coefficient (Wildman–Crippen LogP) is 0.815. The average Bonchev–Trinajstić information content (AvgIpc) is 2.86. The molecule has 0 aliphatic carbocycles. The second kappa shape index (κ2) is 5.80. The predicted molar refractivity (Wildman–Crippen MR) is 67.0 cm³/mol. The van der Waals surface area contributed by atoms with Gasteiger partial charge in [0, 0.05) is 19.6 Å². The Balaban J connectivity index is 1.91. The summed E-state index contributed by atoms with van der Waals surface area (Å²) in [5, 5.41) is 0. The van der Waals surface area contributed by atoms with Gasteiger partial charge in [-0.3, -0.25) is 16.1 Å². The molecule has 1 aromatic rings. The maximum absolute atomic E-state index is 11.9. The van der Waals surface area contributed by atoms with Gasteiger partial charge < -0.3 is 4.90 Å². The number of nitrogens with one attached hydrogen (secondary N) is 1. The fourth-order valence-electron chi connectivity index (χ4n) is 2.15. The van der Waals surface area contributed by atoms with Gasteiger partial charge in [0.15, 0.2) is 0 Å². The highest BCUT2D eigenvalue weighted by Crippen LogP contribution is 2.11. The van der Waals surface area contributed by atoms with Gasteiger partial charge in [0.2, 0.25) is 5.91 Å². The molecule has 1 aliphatic heterocycles. The first kappa shape index (κ1) is 12.1. The van der Waals surface area contributed by atoms with Gasteiger partial charge in [-0.1, -0.05) is 24.3 Å². The van der Waals surface area contributed by atoms with Crippen molar-refractivity contribution in [1.82, 2.24) is 10.3 Å². The Morgan fingerprint density at radius 3 is 2.35 bits per heavy atom. The van der Waals surface area contributed by atoms with Gasteiger partial charge in [-0.15, -0.1) is 0 Å². The van der Waals surface area contributed by atoms with Crippen molar-refractivity contribution in [2.24, 2.45) is 5.84 Å². The minimum absolute atomic E-state index is 0.243. The number of carbonyl (C=O) groups is 1. The molecule has 2 rings (SSSR count). The lowest BCUT2D eigenvalue weighted by Crippen LogP contribution is -2.29. The second-order valence-corrected chi connectivity index (χ2v) is 4.46. The van der Waals surface area contributed by atoms with Gasteiger partial charge in [0.05, 0.1) is 6.42 Å². The first-order chi connectivity index (χ1) is 8.29. The van der Waals surface area contributed by atoms with Gasteiger partial charge in [-0.25, -0.2) is 0 Å². The van der Waals surface area contributed by atoms with Gasteiger partial charge in [0.1, 0.15) is 0 Å². The summed E-state index contributed by atoms with van der Waals surface area (Å²) in [6, 6.07) is 8.01. The molecule has 1 aromatic carbocycles. The molecular formula is C13H19N3O. The summed E-state index contributed by atoms with van der Waals surface area (Å²) < 4.78 is 0. The molecule has 1 heterocycles. The highest BCUT2D eigenvalue weighted by atomic mass is 16.2. The summed E-state index contributed by atoms with van der Waals surface area (Å²) >= 11 is 0. The summed E-state index contributed by atoms with van der Waals surface area (Å²) in [5.41, 5.74) is 4.82. The monoisotopic (exact) mass is 233 g/mol. The Hall–Kier alpha value is -1.39. The topological polar surface area (TPSA) is 58.4 Å². The van der Waals surface area contributed by atoms with Gasteiger partial charge in [0.25, 0.3) is 0 Å². The molecule has 0 radical (unpaired) electrons. The average molecular weight is 233 g/mol. The number of hydrogen-bond acceptors (Lipinski definition) is 3. The van der Waals surface area contributed by atoms with Crippen LogP contribution in [0.4, 0.5) is 0 Å². The molecule has 3 N–H and O–H groups in total. The van der Waals surface area contributed by atoms with E-state index in [-0.39, 0.29) is 5.91 Å². The molecule has 0 bridgehead atoms. The minimum Gasteiger partial charge on any atom is -0.342 e. The highest BCUT2D eigenvalue weighted by Gasteiger charge is 2.17. The molecule has 1 fully saturated rings. The van der Waals surface area contributed by atoms with Crippen LogP contribution < -0.4 is 11.3 Å². The zero-order valence-corrected chi connectivity index (χ0v) is 9.98. The maximum atomic E-state index is 11.9. The van der Waals surface area contributed by atoms with Gasteiger partial charge in [-0.05, 0) is 24.0 Å². The second-order valence-electron chi connectivity index (χ2n) is 4.46.